The minimum atomic E-state index is -1.35. The van der Waals surface area contributed by atoms with Crippen molar-refractivity contribution in [2.24, 2.45) is 0 Å². The van der Waals surface area contributed by atoms with Gasteiger partial charge in [-0.25, -0.2) is 9.19 Å². The fraction of sp³-hybridized carbons (Fsp3) is 0.138. The Balaban J connectivity index is 1.64. The van der Waals surface area contributed by atoms with Gasteiger partial charge in [0.2, 0.25) is 0 Å². The Hall–Kier alpha value is -3.12. The molecule has 1 heterocycles. The van der Waals surface area contributed by atoms with Crippen LogP contribution in [0.1, 0.15) is 0 Å². The van der Waals surface area contributed by atoms with Crippen LogP contribution < -0.4 is 10.2 Å². The Morgan fingerprint density at radius 3 is 1.94 bits per heavy atom. The first-order valence-electron chi connectivity index (χ1n) is 11.7. The molecule has 0 fully saturated rings. The van der Waals surface area contributed by atoms with Crippen LogP contribution in [0.15, 0.2) is 107 Å². The van der Waals surface area contributed by atoms with E-state index in [9.17, 15) is 4.21 Å². The van der Waals surface area contributed by atoms with Crippen molar-refractivity contribution in [3.63, 3.8) is 0 Å². The lowest BCUT2D eigenvalue weighted by Gasteiger charge is -2.26. The van der Waals surface area contributed by atoms with Gasteiger partial charge in [-0.15, -0.1) is 23.2 Å². The van der Waals surface area contributed by atoms with E-state index in [1.807, 2.05) is 84.9 Å². The van der Waals surface area contributed by atoms with Gasteiger partial charge in [-0.05, 0) is 42.5 Å². The van der Waals surface area contributed by atoms with Crippen molar-refractivity contribution >= 4 is 72.9 Å². The molecule has 4 nitrogen and oxygen atoms in total. The molecule has 0 bridgehead atoms. The van der Waals surface area contributed by atoms with Crippen molar-refractivity contribution in [1.29, 1.82) is 0 Å². The summed E-state index contributed by atoms with van der Waals surface area (Å²) in [5.74, 6) is 0.872. The number of hydrogen-bond donors (Lipinski definition) is 1. The summed E-state index contributed by atoms with van der Waals surface area (Å²) in [5.41, 5.74) is 4.57. The van der Waals surface area contributed by atoms with Gasteiger partial charge >= 0.3 is 0 Å². The zero-order valence-electron chi connectivity index (χ0n) is 19.5. The van der Waals surface area contributed by atoms with E-state index in [0.717, 1.165) is 48.7 Å². The summed E-state index contributed by atoms with van der Waals surface area (Å²) in [5, 5.41) is 5.71. The normalized spacial score (nSPS) is 12.1. The minimum absolute atomic E-state index is 0.436. The van der Waals surface area contributed by atoms with E-state index in [4.69, 9.17) is 28.2 Å². The van der Waals surface area contributed by atoms with E-state index in [1.165, 1.54) is 0 Å². The Morgan fingerprint density at radius 1 is 0.750 bits per heavy atom. The Labute approximate surface area is 223 Å². The lowest BCUT2D eigenvalue weighted by Crippen LogP contribution is -2.28. The molecule has 0 aliphatic rings. The number of hydrogen-bond acceptors (Lipinski definition) is 4. The third-order valence-electron chi connectivity index (χ3n) is 6.02. The van der Waals surface area contributed by atoms with Crippen molar-refractivity contribution in [2.75, 3.05) is 35.1 Å². The molecule has 5 rings (SSSR count). The van der Waals surface area contributed by atoms with Crippen LogP contribution >= 0.6 is 23.2 Å². The minimum Gasteiger partial charge on any atom is -0.368 e. The van der Waals surface area contributed by atoms with Crippen LogP contribution in [0.3, 0.4) is 0 Å². The second kappa shape index (κ2) is 11.3. The summed E-state index contributed by atoms with van der Waals surface area (Å²) < 4.78 is 13.6. The maximum Gasteiger partial charge on any atom is 0.0870 e. The summed E-state index contributed by atoms with van der Waals surface area (Å²) in [6, 6.07) is 31.7. The van der Waals surface area contributed by atoms with Crippen LogP contribution in [0.2, 0.25) is 0 Å². The molecule has 0 aliphatic heterocycles. The molecular weight excluding hydrogens is 509 g/mol. The largest absolute Gasteiger partial charge is 0.368 e. The summed E-state index contributed by atoms with van der Waals surface area (Å²) >= 11 is 12.3. The fourth-order valence-electron chi connectivity index (χ4n) is 4.35. The Kier molecular flexibility index (Phi) is 7.71. The average Bonchev–Trinajstić information content (AvgIpc) is 2.93. The molecule has 0 saturated heterocycles. The number of pyridine rings is 1. The molecular formula is C29H25Cl2N3OS. The number of fused-ring (bicyclic) bond motifs is 2. The molecule has 1 atom stereocenters. The third-order valence-corrected chi connectivity index (χ3v) is 7.81. The molecule has 36 heavy (non-hydrogen) atoms. The van der Waals surface area contributed by atoms with Crippen molar-refractivity contribution < 1.29 is 4.21 Å². The average molecular weight is 535 g/mol. The second-order valence-corrected chi connectivity index (χ2v) is 10.5. The predicted molar refractivity (Wildman–Crippen MR) is 154 cm³/mol. The lowest BCUT2D eigenvalue weighted by atomic mass is 10.1. The number of para-hydroxylation sites is 2. The van der Waals surface area contributed by atoms with Gasteiger partial charge in [0.05, 0.1) is 38.1 Å². The van der Waals surface area contributed by atoms with Crippen LogP contribution in [0.5, 0.6) is 0 Å². The summed E-state index contributed by atoms with van der Waals surface area (Å²) in [6.07, 6.45) is 0. The van der Waals surface area contributed by atoms with E-state index < -0.39 is 10.8 Å². The van der Waals surface area contributed by atoms with Crippen LogP contribution in [-0.2, 0) is 10.8 Å². The maximum absolute atomic E-state index is 13.6. The molecule has 0 saturated carbocycles. The Morgan fingerprint density at radius 2 is 1.33 bits per heavy atom. The Bertz CT molecular complexity index is 1470. The predicted octanol–water partition coefficient (Wildman–Crippen LogP) is 7.58. The standard InChI is InChI=1S/C29H25Cl2N3OS/c30-16-18-34(19-17-31)27-20-21(14-15-28(27)36(35)22-8-2-1-3-9-22)32-29-23-10-4-6-12-25(23)33-26-13-7-5-11-24(26)29/h1-15,20H,16-19H2,(H,32,33). The highest BCUT2D eigenvalue weighted by Crippen LogP contribution is 2.36. The maximum atomic E-state index is 13.6. The third kappa shape index (κ3) is 5.05. The first-order chi connectivity index (χ1) is 17.7. The van der Waals surface area contributed by atoms with Gasteiger partial charge in [-0.1, -0.05) is 54.6 Å². The van der Waals surface area contributed by atoms with Gasteiger partial charge in [0.25, 0.3) is 0 Å². The van der Waals surface area contributed by atoms with Crippen LogP contribution in [0.4, 0.5) is 17.1 Å². The monoisotopic (exact) mass is 533 g/mol. The van der Waals surface area contributed by atoms with Gasteiger partial charge in [-0.3, -0.25) is 0 Å². The molecule has 0 radical (unpaired) electrons. The van der Waals surface area contributed by atoms with Gasteiger partial charge in [-0.2, -0.15) is 0 Å². The SMILES string of the molecule is O=S(c1ccccc1)c1ccc(Nc2c3ccccc3nc3ccccc23)cc1N(CCCl)CCCl. The van der Waals surface area contributed by atoms with Gasteiger partial charge in [0, 0.05) is 46.2 Å². The van der Waals surface area contributed by atoms with Crippen LogP contribution in [-0.4, -0.2) is 34.0 Å². The van der Waals surface area contributed by atoms with Crippen molar-refractivity contribution in [3.8, 4) is 0 Å². The number of nitrogens with one attached hydrogen (secondary N) is 1. The zero-order chi connectivity index (χ0) is 24.9. The molecule has 5 aromatic rings. The molecule has 182 valence electrons. The first kappa shape index (κ1) is 24.6. The number of anilines is 3. The smallest absolute Gasteiger partial charge is 0.0870 e. The highest BCUT2D eigenvalue weighted by atomic mass is 35.5. The molecule has 1 unspecified atom stereocenters. The molecule has 0 aliphatic carbocycles. The van der Waals surface area contributed by atoms with Crippen LogP contribution in [0, 0.1) is 0 Å². The highest BCUT2D eigenvalue weighted by molar-refractivity contribution is 7.85. The fourth-order valence-corrected chi connectivity index (χ4v) is 5.98. The van der Waals surface area contributed by atoms with Gasteiger partial charge < -0.3 is 10.2 Å². The number of benzene rings is 4. The van der Waals surface area contributed by atoms with E-state index in [-0.39, 0.29) is 0 Å². The number of alkyl halides is 2. The van der Waals surface area contributed by atoms with E-state index in [0.29, 0.717) is 24.8 Å². The topological polar surface area (TPSA) is 45.2 Å². The van der Waals surface area contributed by atoms with Crippen molar-refractivity contribution in [3.05, 3.63) is 97.1 Å². The molecule has 0 amide bonds. The number of nitrogens with zero attached hydrogens (tertiary/aromatic N) is 2. The van der Waals surface area contributed by atoms with E-state index in [1.54, 1.807) is 0 Å². The zero-order valence-corrected chi connectivity index (χ0v) is 21.9. The van der Waals surface area contributed by atoms with Crippen molar-refractivity contribution in [1.82, 2.24) is 4.98 Å². The summed E-state index contributed by atoms with van der Waals surface area (Å²) in [7, 11) is -1.35. The molecule has 4 aromatic carbocycles. The lowest BCUT2D eigenvalue weighted by molar-refractivity contribution is 0.682. The molecule has 0 spiro atoms. The van der Waals surface area contributed by atoms with Gasteiger partial charge in [0.15, 0.2) is 0 Å². The quantitative estimate of drug-likeness (QED) is 0.156. The molecule has 1 aromatic heterocycles. The molecule has 7 heteroatoms. The number of aromatic nitrogens is 1. The van der Waals surface area contributed by atoms with E-state index >= 15 is 0 Å². The highest BCUT2D eigenvalue weighted by Gasteiger charge is 2.18. The summed E-state index contributed by atoms with van der Waals surface area (Å²) in [6.45, 7) is 1.19. The first-order valence-corrected chi connectivity index (χ1v) is 13.9. The van der Waals surface area contributed by atoms with Crippen LogP contribution in [0.25, 0.3) is 21.8 Å². The van der Waals surface area contributed by atoms with Gasteiger partial charge in [0.1, 0.15) is 0 Å². The molecule has 1 N–H and O–H groups in total. The van der Waals surface area contributed by atoms with E-state index in [2.05, 4.69) is 22.3 Å². The summed E-state index contributed by atoms with van der Waals surface area (Å²) in [4.78, 5) is 8.41. The second-order valence-electron chi connectivity index (χ2n) is 8.28. The van der Waals surface area contributed by atoms with Crippen molar-refractivity contribution in [2.45, 2.75) is 9.79 Å². The number of rotatable bonds is 9. The number of halogens is 2.